The Morgan fingerprint density at radius 2 is 1.96 bits per heavy atom. The normalized spacial score (nSPS) is 10.2. The molecule has 3 rings (SSSR count). The van der Waals surface area contributed by atoms with Crippen molar-refractivity contribution in [3.8, 4) is 17.1 Å². The number of ether oxygens (including phenoxy) is 2. The Hall–Kier alpha value is -1.90. The third-order valence-electron chi connectivity index (χ3n) is 3.65. The van der Waals surface area contributed by atoms with Crippen molar-refractivity contribution in [3.63, 3.8) is 0 Å². The topological polar surface area (TPSA) is 94.7 Å². The first kappa shape index (κ1) is 21.4. The summed E-state index contributed by atoms with van der Waals surface area (Å²) in [6, 6.07) is 10.2. The summed E-state index contributed by atoms with van der Waals surface area (Å²) in [6.45, 7) is -0.226. The second kappa shape index (κ2) is 9.87. The van der Waals surface area contributed by atoms with Gasteiger partial charge in [0.1, 0.15) is 18.9 Å². The van der Waals surface area contributed by atoms with Crippen molar-refractivity contribution < 1.29 is 23.9 Å². The monoisotopic (exact) mass is 397 g/mol. The van der Waals surface area contributed by atoms with Crippen molar-refractivity contribution in [2.45, 2.75) is 13.2 Å². The summed E-state index contributed by atoms with van der Waals surface area (Å²) in [4.78, 5) is 15.5. The van der Waals surface area contributed by atoms with Gasteiger partial charge in [-0.3, -0.25) is 0 Å². The van der Waals surface area contributed by atoms with E-state index in [-0.39, 0.29) is 42.8 Å². The minimum atomic E-state index is -0.476. The number of benzene rings is 1. The van der Waals surface area contributed by atoms with Crippen LogP contribution in [0, 0.1) is 0 Å². The average molecular weight is 398 g/mol. The molecular formula is C18H15ClN2NaO5. The van der Waals surface area contributed by atoms with Crippen LogP contribution in [0.25, 0.3) is 11.3 Å². The van der Waals surface area contributed by atoms with E-state index in [0.717, 1.165) is 5.56 Å². The molecule has 2 heterocycles. The number of esters is 1. The summed E-state index contributed by atoms with van der Waals surface area (Å²) in [6.07, 6.45) is 1.36. The van der Waals surface area contributed by atoms with Crippen molar-refractivity contribution in [1.29, 1.82) is 0 Å². The fourth-order valence-corrected chi connectivity index (χ4v) is 2.43. The van der Waals surface area contributed by atoms with Crippen molar-refractivity contribution >= 4 is 47.1 Å². The first-order valence-corrected chi connectivity index (χ1v) is 8.01. The number of hydrogen-bond donors (Lipinski definition) is 1. The van der Waals surface area contributed by atoms with Gasteiger partial charge in [0.15, 0.2) is 5.76 Å². The predicted molar refractivity (Wildman–Crippen MR) is 98.5 cm³/mol. The number of hydrogen-bond acceptors (Lipinski definition) is 7. The summed E-state index contributed by atoms with van der Waals surface area (Å²) >= 11 is 5.91. The van der Waals surface area contributed by atoms with Crippen LogP contribution in [0.4, 0.5) is 0 Å². The van der Waals surface area contributed by atoms with Gasteiger partial charge >= 0.3 is 5.97 Å². The fraction of sp³-hybridized carbons (Fsp3) is 0.167. The third kappa shape index (κ3) is 5.09. The van der Waals surface area contributed by atoms with Crippen LogP contribution in [0.15, 0.2) is 47.1 Å². The van der Waals surface area contributed by atoms with E-state index in [4.69, 9.17) is 20.9 Å². The molecule has 27 heavy (non-hydrogen) atoms. The summed E-state index contributed by atoms with van der Waals surface area (Å²) in [5.74, 6) is 0.140. The van der Waals surface area contributed by atoms with Crippen LogP contribution in [-0.2, 0) is 18.0 Å². The second-order valence-electron chi connectivity index (χ2n) is 5.26. The number of nitrogens with zero attached hydrogens (tertiary/aromatic N) is 2. The van der Waals surface area contributed by atoms with Crippen molar-refractivity contribution in [3.05, 3.63) is 64.5 Å². The predicted octanol–water partition coefficient (Wildman–Crippen LogP) is 2.87. The molecule has 0 aliphatic rings. The molecular weight excluding hydrogens is 383 g/mol. The number of aromatic nitrogens is 2. The van der Waals surface area contributed by atoms with E-state index in [1.807, 2.05) is 0 Å². The SMILES string of the molecule is COC(=O)c1ccc(OCc2c(-c3ccc(Cl)cc3)noc2CO)nc1.[Na]. The van der Waals surface area contributed by atoms with Crippen LogP contribution < -0.4 is 4.74 Å². The number of pyridine rings is 1. The Kier molecular flexibility index (Phi) is 7.82. The molecule has 1 radical (unpaired) electrons. The van der Waals surface area contributed by atoms with Crippen LogP contribution in [0.3, 0.4) is 0 Å². The maximum atomic E-state index is 11.4. The van der Waals surface area contributed by atoms with E-state index in [0.29, 0.717) is 33.5 Å². The Bertz CT molecular complexity index is 897. The second-order valence-corrected chi connectivity index (χ2v) is 5.70. The molecule has 0 aliphatic carbocycles. The zero-order chi connectivity index (χ0) is 18.5. The number of aliphatic hydroxyl groups is 1. The van der Waals surface area contributed by atoms with Crippen LogP contribution in [0.5, 0.6) is 5.88 Å². The zero-order valence-electron chi connectivity index (χ0n) is 14.8. The number of rotatable bonds is 6. The summed E-state index contributed by atoms with van der Waals surface area (Å²) in [5, 5.41) is 14.1. The maximum absolute atomic E-state index is 11.4. The third-order valence-corrected chi connectivity index (χ3v) is 3.90. The maximum Gasteiger partial charge on any atom is 0.339 e. The van der Waals surface area contributed by atoms with Gasteiger partial charge < -0.3 is 19.1 Å². The van der Waals surface area contributed by atoms with E-state index >= 15 is 0 Å². The van der Waals surface area contributed by atoms with E-state index < -0.39 is 5.97 Å². The van der Waals surface area contributed by atoms with Crippen molar-refractivity contribution in [2.75, 3.05) is 7.11 Å². The van der Waals surface area contributed by atoms with E-state index in [2.05, 4.69) is 14.9 Å². The molecule has 0 bridgehead atoms. The van der Waals surface area contributed by atoms with Gasteiger partial charge in [0.05, 0.1) is 18.2 Å². The molecule has 0 saturated carbocycles. The van der Waals surface area contributed by atoms with Gasteiger partial charge in [-0.1, -0.05) is 28.9 Å². The molecule has 9 heteroatoms. The zero-order valence-corrected chi connectivity index (χ0v) is 17.6. The summed E-state index contributed by atoms with van der Waals surface area (Å²) in [5.41, 5.74) is 2.26. The molecule has 0 atom stereocenters. The van der Waals surface area contributed by atoms with Gasteiger partial charge in [-0.15, -0.1) is 0 Å². The van der Waals surface area contributed by atoms with Crippen LogP contribution in [0.2, 0.25) is 5.02 Å². The number of carbonyl (C=O) groups is 1. The van der Waals surface area contributed by atoms with Crippen LogP contribution in [0.1, 0.15) is 21.7 Å². The van der Waals surface area contributed by atoms with E-state index in [9.17, 15) is 9.90 Å². The Morgan fingerprint density at radius 3 is 2.56 bits per heavy atom. The first-order valence-electron chi connectivity index (χ1n) is 7.63. The largest absolute Gasteiger partial charge is 0.473 e. The molecule has 0 amide bonds. The standard InChI is InChI=1S/C18H15ClN2O5.Na/c1-24-18(23)12-4-7-16(20-8-12)25-10-14-15(9-22)26-21-17(14)11-2-5-13(19)6-3-11;/h2-8,22H,9-10H2,1H3;. The number of halogens is 1. The molecule has 1 N–H and O–H groups in total. The fourth-order valence-electron chi connectivity index (χ4n) is 2.30. The molecule has 0 spiro atoms. The quantitative estimate of drug-likeness (QED) is 0.504. The minimum absolute atomic E-state index is 0. The molecule has 7 nitrogen and oxygen atoms in total. The molecule has 0 aliphatic heterocycles. The van der Waals surface area contributed by atoms with E-state index in [1.54, 1.807) is 36.4 Å². The number of carbonyl (C=O) groups excluding carboxylic acids is 1. The average Bonchev–Trinajstić information content (AvgIpc) is 3.09. The summed E-state index contributed by atoms with van der Waals surface area (Å²) < 4.78 is 15.5. The van der Waals surface area contributed by atoms with Crippen molar-refractivity contribution in [2.24, 2.45) is 0 Å². The molecule has 3 aromatic rings. The molecule has 135 valence electrons. The Morgan fingerprint density at radius 1 is 1.22 bits per heavy atom. The summed E-state index contributed by atoms with van der Waals surface area (Å²) in [7, 11) is 1.30. The Labute approximate surface area is 182 Å². The molecule has 0 fully saturated rings. The van der Waals surface area contributed by atoms with Crippen LogP contribution in [-0.4, -0.2) is 57.9 Å². The first-order chi connectivity index (χ1) is 12.6. The smallest absolute Gasteiger partial charge is 0.339 e. The van der Waals surface area contributed by atoms with Gasteiger partial charge in [-0.2, -0.15) is 0 Å². The number of methoxy groups -OCH3 is 1. The van der Waals surface area contributed by atoms with Gasteiger partial charge in [0.25, 0.3) is 0 Å². The number of aliphatic hydroxyl groups excluding tert-OH is 1. The van der Waals surface area contributed by atoms with Gasteiger partial charge in [0, 0.05) is 52.4 Å². The van der Waals surface area contributed by atoms with Gasteiger partial charge in [-0.25, -0.2) is 9.78 Å². The molecule has 0 saturated heterocycles. The van der Waals surface area contributed by atoms with E-state index in [1.165, 1.54) is 13.3 Å². The van der Waals surface area contributed by atoms with Crippen molar-refractivity contribution in [1.82, 2.24) is 10.1 Å². The van der Waals surface area contributed by atoms with Crippen LogP contribution >= 0.6 is 11.6 Å². The van der Waals surface area contributed by atoms with Gasteiger partial charge in [0.2, 0.25) is 5.88 Å². The minimum Gasteiger partial charge on any atom is -0.473 e. The molecule has 2 aromatic heterocycles. The Balaban J connectivity index is 0.00000261. The van der Waals surface area contributed by atoms with Gasteiger partial charge in [-0.05, 0) is 18.2 Å². The molecule has 1 aromatic carbocycles. The molecule has 0 unspecified atom stereocenters.